The molecule has 3 N–H and O–H groups in total. The number of nitrogens with one attached hydrogen (secondary N) is 1. The fourth-order valence-corrected chi connectivity index (χ4v) is 1.37. The summed E-state index contributed by atoms with van der Waals surface area (Å²) in [6.07, 6.45) is 4.47. The summed E-state index contributed by atoms with van der Waals surface area (Å²) < 4.78 is 0. The van der Waals surface area contributed by atoms with Gasteiger partial charge in [0.2, 0.25) is 5.91 Å². The minimum absolute atomic E-state index is 0.162. The maximum atomic E-state index is 11.6. The van der Waals surface area contributed by atoms with Gasteiger partial charge in [0.15, 0.2) is 0 Å². The first kappa shape index (κ1) is 13.9. The van der Waals surface area contributed by atoms with Crippen molar-refractivity contribution in [2.45, 2.75) is 12.5 Å². The fraction of sp³-hybridized carbons (Fsp3) is 0.250. The number of nitrogens with two attached hydrogens (primary N) is 1. The molecule has 0 saturated carbocycles. The first-order valence-electron chi connectivity index (χ1n) is 5.48. The lowest BCUT2D eigenvalue weighted by atomic mass is 10.2. The molecule has 6 heteroatoms. The Balaban J connectivity index is 2.51. The zero-order chi connectivity index (χ0) is 13.4. The van der Waals surface area contributed by atoms with E-state index in [1.54, 1.807) is 24.4 Å². The van der Waals surface area contributed by atoms with Crippen LogP contribution in [0.1, 0.15) is 6.42 Å². The van der Waals surface area contributed by atoms with Crippen LogP contribution in [0, 0.1) is 0 Å². The van der Waals surface area contributed by atoms with Crippen molar-refractivity contribution >= 4 is 17.6 Å². The topological polar surface area (TPSA) is 98.7 Å². The maximum absolute atomic E-state index is 11.6. The van der Waals surface area contributed by atoms with Crippen molar-refractivity contribution in [3.8, 4) is 0 Å². The van der Waals surface area contributed by atoms with Crippen molar-refractivity contribution in [1.29, 1.82) is 0 Å². The summed E-state index contributed by atoms with van der Waals surface area (Å²) >= 11 is 0. The lowest BCUT2D eigenvalue weighted by Gasteiger charge is -2.15. The zero-order valence-corrected chi connectivity index (χ0v) is 9.83. The molecule has 0 aliphatic rings. The van der Waals surface area contributed by atoms with Gasteiger partial charge in [0, 0.05) is 6.20 Å². The fourth-order valence-electron chi connectivity index (χ4n) is 1.37. The summed E-state index contributed by atoms with van der Waals surface area (Å²) in [5.41, 5.74) is 0.531. The predicted octanol–water partition coefficient (Wildman–Crippen LogP) is -1.72. The van der Waals surface area contributed by atoms with Gasteiger partial charge in [-0.15, -0.1) is 0 Å². The highest BCUT2D eigenvalue weighted by Crippen LogP contribution is 2.03. The highest BCUT2D eigenvalue weighted by atomic mass is 16.4. The molecule has 1 aromatic rings. The average molecular weight is 249 g/mol. The Hall–Kier alpha value is -2.21. The number of aliphatic carboxylic acids is 1. The van der Waals surface area contributed by atoms with E-state index in [0.717, 1.165) is 0 Å². The molecule has 0 aliphatic carbocycles. The minimum Gasteiger partial charge on any atom is -0.544 e. The molecular weight excluding hydrogens is 234 g/mol. The van der Waals surface area contributed by atoms with Gasteiger partial charge in [-0.2, -0.15) is 0 Å². The van der Waals surface area contributed by atoms with Crippen LogP contribution >= 0.6 is 0 Å². The van der Waals surface area contributed by atoms with Gasteiger partial charge in [-0.05, 0) is 18.2 Å². The lowest BCUT2D eigenvalue weighted by molar-refractivity contribution is -0.674. The van der Waals surface area contributed by atoms with E-state index < -0.39 is 17.9 Å². The number of nitrogens with zero attached hydrogens (tertiary/aromatic N) is 1. The Morgan fingerprint density at radius 1 is 1.61 bits per heavy atom. The van der Waals surface area contributed by atoms with E-state index >= 15 is 0 Å². The molecule has 0 radical (unpaired) electrons. The molecule has 1 aromatic heterocycles. The number of hydrogen-bond acceptors (Lipinski definition) is 4. The van der Waals surface area contributed by atoms with E-state index in [4.69, 9.17) is 0 Å². The molecule has 0 bridgehead atoms. The molecule has 0 spiro atoms. The average Bonchev–Trinajstić information content (AvgIpc) is 2.35. The minimum atomic E-state index is -1.27. The molecule has 0 fully saturated rings. The molecule has 1 rings (SSSR count). The first-order valence-corrected chi connectivity index (χ1v) is 5.48. The third-order valence-corrected chi connectivity index (χ3v) is 2.24. The van der Waals surface area contributed by atoms with E-state index in [-0.39, 0.29) is 6.42 Å². The van der Waals surface area contributed by atoms with E-state index in [2.05, 4.69) is 16.9 Å². The second-order valence-electron chi connectivity index (χ2n) is 3.68. The number of pyridine rings is 1. The van der Waals surface area contributed by atoms with Crippen LogP contribution in [0.15, 0.2) is 37.2 Å². The number of anilines is 1. The Labute approximate surface area is 105 Å². The molecule has 0 aliphatic heterocycles. The molecule has 1 atom stereocenters. The first-order chi connectivity index (χ1) is 8.63. The number of rotatable bonds is 7. The van der Waals surface area contributed by atoms with Gasteiger partial charge >= 0.3 is 0 Å². The monoisotopic (exact) mass is 249 g/mol. The van der Waals surface area contributed by atoms with Gasteiger partial charge in [0.25, 0.3) is 0 Å². The van der Waals surface area contributed by atoms with E-state index in [0.29, 0.717) is 12.2 Å². The summed E-state index contributed by atoms with van der Waals surface area (Å²) in [4.78, 5) is 26.3. The second-order valence-corrected chi connectivity index (χ2v) is 3.68. The Bertz CT molecular complexity index is 420. The zero-order valence-electron chi connectivity index (χ0n) is 9.83. The number of quaternary nitrogens is 1. The Morgan fingerprint density at radius 3 is 2.94 bits per heavy atom. The molecule has 6 nitrogen and oxygen atoms in total. The van der Waals surface area contributed by atoms with E-state index in [9.17, 15) is 14.7 Å². The van der Waals surface area contributed by atoms with Crippen LogP contribution in [0.4, 0.5) is 5.69 Å². The predicted molar refractivity (Wildman–Crippen MR) is 63.3 cm³/mol. The van der Waals surface area contributed by atoms with Gasteiger partial charge in [0.05, 0.1) is 30.8 Å². The molecule has 96 valence electrons. The summed E-state index contributed by atoms with van der Waals surface area (Å²) in [6.45, 7) is 3.90. The van der Waals surface area contributed by atoms with Crippen LogP contribution in [0.5, 0.6) is 0 Å². The second kappa shape index (κ2) is 7.18. The highest BCUT2D eigenvalue weighted by Gasteiger charge is 2.17. The largest absolute Gasteiger partial charge is 0.544 e. The SMILES string of the molecule is C=CC[NH2+][C@H](CC(=O)Nc1cccnc1)C(=O)[O-]. The molecule has 0 aromatic carbocycles. The van der Waals surface area contributed by atoms with Crippen LogP contribution < -0.4 is 15.7 Å². The van der Waals surface area contributed by atoms with E-state index in [1.165, 1.54) is 11.5 Å². The number of carboxylic acids is 1. The molecule has 1 heterocycles. The summed E-state index contributed by atoms with van der Waals surface area (Å²) in [5, 5.41) is 14.9. The van der Waals surface area contributed by atoms with Crippen molar-refractivity contribution in [2.24, 2.45) is 0 Å². The van der Waals surface area contributed by atoms with Crippen LogP contribution in [0.3, 0.4) is 0 Å². The molecule has 18 heavy (non-hydrogen) atoms. The maximum Gasteiger partial charge on any atom is 0.230 e. The van der Waals surface area contributed by atoms with Gasteiger partial charge in [-0.25, -0.2) is 0 Å². The third-order valence-electron chi connectivity index (χ3n) is 2.24. The van der Waals surface area contributed by atoms with Crippen LogP contribution in [-0.2, 0) is 9.59 Å². The lowest BCUT2D eigenvalue weighted by Crippen LogP contribution is -2.93. The highest BCUT2D eigenvalue weighted by molar-refractivity contribution is 5.93. The number of aromatic nitrogens is 1. The van der Waals surface area contributed by atoms with Crippen LogP contribution in [-0.4, -0.2) is 29.4 Å². The Kier molecular flexibility index (Phi) is 5.53. The number of hydrogen-bond donors (Lipinski definition) is 2. The number of amides is 1. The van der Waals surface area contributed by atoms with Crippen molar-refractivity contribution in [3.05, 3.63) is 37.2 Å². The van der Waals surface area contributed by atoms with Crippen molar-refractivity contribution < 1.29 is 20.0 Å². The van der Waals surface area contributed by atoms with Gasteiger partial charge in [-0.3, -0.25) is 9.78 Å². The molecular formula is C12H15N3O3. The molecule has 1 amide bonds. The quantitative estimate of drug-likeness (QED) is 0.561. The van der Waals surface area contributed by atoms with Crippen molar-refractivity contribution in [1.82, 2.24) is 4.98 Å². The summed E-state index contributed by atoms with van der Waals surface area (Å²) in [5.74, 6) is -1.66. The summed E-state index contributed by atoms with van der Waals surface area (Å²) in [6, 6.07) is 2.43. The van der Waals surface area contributed by atoms with Crippen LogP contribution in [0.2, 0.25) is 0 Å². The smallest absolute Gasteiger partial charge is 0.230 e. The number of carboxylic acid groups (broad SMARTS) is 1. The van der Waals surface area contributed by atoms with Crippen LogP contribution in [0.25, 0.3) is 0 Å². The number of carbonyl (C=O) groups excluding carboxylic acids is 2. The van der Waals surface area contributed by atoms with Gasteiger partial charge < -0.3 is 20.5 Å². The Morgan fingerprint density at radius 2 is 2.39 bits per heavy atom. The molecule has 0 unspecified atom stereocenters. The standard InChI is InChI=1S/C12H15N3O3/c1-2-5-14-10(12(17)18)7-11(16)15-9-4-3-6-13-8-9/h2-4,6,8,10,14H,1,5,7H2,(H,15,16)(H,17,18)/t10-/m1/s1. The third kappa shape index (κ3) is 4.75. The normalized spacial score (nSPS) is 11.6. The molecule has 0 saturated heterocycles. The van der Waals surface area contributed by atoms with Gasteiger partial charge in [0.1, 0.15) is 6.04 Å². The van der Waals surface area contributed by atoms with Gasteiger partial charge in [-0.1, -0.05) is 6.58 Å². The van der Waals surface area contributed by atoms with Crippen molar-refractivity contribution in [3.63, 3.8) is 0 Å². The summed E-state index contributed by atoms with van der Waals surface area (Å²) in [7, 11) is 0. The number of carbonyl (C=O) groups is 2. The van der Waals surface area contributed by atoms with Crippen molar-refractivity contribution in [2.75, 3.05) is 11.9 Å². The van der Waals surface area contributed by atoms with E-state index in [1.807, 2.05) is 0 Å².